The Morgan fingerprint density at radius 2 is 1.32 bits per heavy atom. The van der Waals surface area contributed by atoms with E-state index in [1.807, 2.05) is 62.4 Å². The normalized spacial score (nSPS) is 22.0. The third-order valence-corrected chi connectivity index (χ3v) is 7.91. The van der Waals surface area contributed by atoms with Crippen LogP contribution in [0.2, 0.25) is 0 Å². The molecule has 2 aliphatic heterocycles. The van der Waals surface area contributed by atoms with Gasteiger partial charge in [-0.15, -0.1) is 0 Å². The molecule has 2 aliphatic rings. The first kappa shape index (κ1) is 34.6. The fraction of sp³-hybridized carbons (Fsp3) is 0.529. The molecule has 2 aromatic rings. The van der Waals surface area contributed by atoms with E-state index >= 15 is 0 Å². The van der Waals surface area contributed by atoms with Crippen molar-refractivity contribution in [1.82, 2.24) is 15.5 Å². The first-order chi connectivity index (χ1) is 20.9. The zero-order chi connectivity index (χ0) is 32.4. The van der Waals surface area contributed by atoms with Crippen molar-refractivity contribution in [3.8, 4) is 0 Å². The number of nitrogens with zero attached hydrogens (tertiary/aromatic N) is 1. The van der Waals surface area contributed by atoms with E-state index in [4.69, 9.17) is 14.2 Å². The van der Waals surface area contributed by atoms with Gasteiger partial charge in [0.2, 0.25) is 5.91 Å². The van der Waals surface area contributed by atoms with Crippen molar-refractivity contribution in [2.75, 3.05) is 40.4 Å². The molecule has 2 amide bonds. The lowest BCUT2D eigenvalue weighted by atomic mass is 9.89. The second kappa shape index (κ2) is 15.7. The minimum absolute atomic E-state index is 0.0441. The number of esters is 2. The Hall–Kier alpha value is -3.92. The van der Waals surface area contributed by atoms with E-state index in [9.17, 15) is 19.2 Å². The Balaban J connectivity index is 0.000000293. The molecule has 0 aliphatic carbocycles. The van der Waals surface area contributed by atoms with Crippen LogP contribution in [0.3, 0.4) is 0 Å². The van der Waals surface area contributed by atoms with Crippen LogP contribution in [0, 0.1) is 17.8 Å². The number of ether oxygens (including phenoxy) is 3. The molecular weight excluding hydrogens is 562 g/mol. The summed E-state index contributed by atoms with van der Waals surface area (Å²) < 4.78 is 15.1. The monoisotopic (exact) mass is 609 g/mol. The summed E-state index contributed by atoms with van der Waals surface area (Å²) in [6.45, 7) is 11.2. The molecule has 10 heteroatoms. The van der Waals surface area contributed by atoms with E-state index in [-0.39, 0.29) is 48.1 Å². The standard InChI is InChI=1S/C22H32N2O5.C12H15NO2/c1-14(2)18(23-21(27)29-22(3,4)5)19(25)24-12-16(15-10-8-7-9-11-15)17(13-24)20(26)28-6;1-15-12(14)11-8-13-7-10(11)9-5-3-2-4-6-9/h7-11,14,16-18H,12-13H2,1-6H3,(H,23,27);2-6,10-11,13H,7-8H2,1H3/t16-,17+,18+;10-,11+/m11/s1. The number of nitrogens with one attached hydrogen (secondary N) is 2. The molecule has 0 unspecified atom stereocenters. The molecule has 0 aromatic heterocycles. The average molecular weight is 610 g/mol. The van der Waals surface area contributed by atoms with Gasteiger partial charge in [0.1, 0.15) is 11.6 Å². The number of carbonyl (C=O) groups excluding carboxylic acids is 4. The van der Waals surface area contributed by atoms with Gasteiger partial charge in [0.25, 0.3) is 0 Å². The minimum Gasteiger partial charge on any atom is -0.469 e. The van der Waals surface area contributed by atoms with Crippen molar-refractivity contribution < 1.29 is 33.4 Å². The summed E-state index contributed by atoms with van der Waals surface area (Å²) in [5, 5.41) is 5.93. The summed E-state index contributed by atoms with van der Waals surface area (Å²) in [5.74, 6) is -1.21. The van der Waals surface area contributed by atoms with Crippen molar-refractivity contribution >= 4 is 23.9 Å². The zero-order valence-electron chi connectivity index (χ0n) is 26.9. The number of hydrogen-bond acceptors (Lipinski definition) is 8. The van der Waals surface area contributed by atoms with Gasteiger partial charge in [-0.3, -0.25) is 14.4 Å². The van der Waals surface area contributed by atoms with E-state index in [1.54, 1.807) is 25.7 Å². The SMILES string of the molecule is COC(=O)[C@H]1CN(C(=O)[C@@H](NC(=O)OC(C)(C)C)C(C)C)C[C@@H]1c1ccccc1.COC(=O)[C@H]1CNC[C@@H]1c1ccccc1. The van der Waals surface area contributed by atoms with Crippen LogP contribution in [-0.4, -0.2) is 80.9 Å². The Morgan fingerprint density at radius 1 is 0.795 bits per heavy atom. The lowest BCUT2D eigenvalue weighted by Gasteiger charge is -2.28. The van der Waals surface area contributed by atoms with Gasteiger partial charge in [0, 0.05) is 38.0 Å². The highest BCUT2D eigenvalue weighted by atomic mass is 16.6. The largest absolute Gasteiger partial charge is 0.469 e. The fourth-order valence-electron chi connectivity index (χ4n) is 5.68. The summed E-state index contributed by atoms with van der Waals surface area (Å²) in [7, 11) is 2.80. The molecule has 2 saturated heterocycles. The molecule has 0 radical (unpaired) electrons. The van der Waals surface area contributed by atoms with Gasteiger partial charge in [-0.25, -0.2) is 4.79 Å². The van der Waals surface area contributed by atoms with E-state index in [0.717, 1.165) is 12.1 Å². The van der Waals surface area contributed by atoms with Gasteiger partial charge in [-0.05, 0) is 37.8 Å². The van der Waals surface area contributed by atoms with Crippen molar-refractivity contribution in [3.63, 3.8) is 0 Å². The van der Waals surface area contributed by atoms with Crippen molar-refractivity contribution in [2.45, 2.75) is 58.1 Å². The second-order valence-electron chi connectivity index (χ2n) is 12.6. The van der Waals surface area contributed by atoms with Crippen LogP contribution in [0.4, 0.5) is 4.79 Å². The maximum absolute atomic E-state index is 13.2. The van der Waals surface area contributed by atoms with Gasteiger partial charge in [0.05, 0.1) is 26.1 Å². The van der Waals surface area contributed by atoms with Gasteiger partial charge in [-0.2, -0.15) is 0 Å². The number of amides is 2. The molecule has 10 nitrogen and oxygen atoms in total. The molecule has 0 saturated carbocycles. The molecule has 0 bridgehead atoms. The number of alkyl carbamates (subject to hydrolysis) is 1. The number of methoxy groups -OCH3 is 2. The molecule has 44 heavy (non-hydrogen) atoms. The van der Waals surface area contributed by atoms with E-state index in [2.05, 4.69) is 22.8 Å². The van der Waals surface area contributed by atoms with Crippen LogP contribution >= 0.6 is 0 Å². The number of benzene rings is 2. The molecule has 2 fully saturated rings. The maximum atomic E-state index is 13.2. The highest BCUT2D eigenvalue weighted by Gasteiger charge is 2.43. The summed E-state index contributed by atoms with van der Waals surface area (Å²) in [4.78, 5) is 51.0. The maximum Gasteiger partial charge on any atom is 0.408 e. The fourth-order valence-corrected chi connectivity index (χ4v) is 5.68. The topological polar surface area (TPSA) is 123 Å². The Kier molecular flexibility index (Phi) is 12.3. The highest BCUT2D eigenvalue weighted by Crippen LogP contribution is 2.34. The van der Waals surface area contributed by atoms with Gasteiger partial charge < -0.3 is 29.7 Å². The lowest BCUT2D eigenvalue weighted by molar-refractivity contribution is -0.146. The van der Waals surface area contributed by atoms with Crippen LogP contribution < -0.4 is 10.6 Å². The molecule has 4 rings (SSSR count). The third kappa shape index (κ3) is 9.29. The molecule has 2 aromatic carbocycles. The van der Waals surface area contributed by atoms with E-state index < -0.39 is 23.7 Å². The second-order valence-corrected chi connectivity index (χ2v) is 12.6. The first-order valence-corrected chi connectivity index (χ1v) is 15.1. The molecule has 0 spiro atoms. The molecule has 2 heterocycles. The smallest absolute Gasteiger partial charge is 0.408 e. The number of likely N-dealkylation sites (tertiary alicyclic amines) is 1. The Bertz CT molecular complexity index is 1250. The predicted octanol–water partition coefficient (Wildman–Crippen LogP) is 4.11. The van der Waals surface area contributed by atoms with Crippen LogP contribution in [0.5, 0.6) is 0 Å². The number of rotatable bonds is 7. The van der Waals surface area contributed by atoms with Crippen LogP contribution in [0.1, 0.15) is 57.6 Å². The van der Waals surface area contributed by atoms with Crippen LogP contribution in [0.15, 0.2) is 60.7 Å². The van der Waals surface area contributed by atoms with Gasteiger partial charge >= 0.3 is 18.0 Å². The molecule has 240 valence electrons. The quantitative estimate of drug-likeness (QED) is 0.355. The summed E-state index contributed by atoms with van der Waals surface area (Å²) >= 11 is 0. The first-order valence-electron chi connectivity index (χ1n) is 15.1. The van der Waals surface area contributed by atoms with Crippen molar-refractivity contribution in [2.24, 2.45) is 17.8 Å². The van der Waals surface area contributed by atoms with Gasteiger partial charge in [0.15, 0.2) is 0 Å². The number of hydrogen-bond donors (Lipinski definition) is 2. The molecule has 5 atom stereocenters. The van der Waals surface area contributed by atoms with E-state index in [0.29, 0.717) is 13.1 Å². The Morgan fingerprint density at radius 3 is 1.82 bits per heavy atom. The van der Waals surface area contributed by atoms with Crippen molar-refractivity contribution in [3.05, 3.63) is 71.8 Å². The summed E-state index contributed by atoms with van der Waals surface area (Å²) in [5.41, 5.74) is 1.54. The van der Waals surface area contributed by atoms with Gasteiger partial charge in [-0.1, -0.05) is 74.5 Å². The predicted molar refractivity (Wildman–Crippen MR) is 167 cm³/mol. The Labute approximate surface area is 260 Å². The summed E-state index contributed by atoms with van der Waals surface area (Å²) in [6.07, 6.45) is -0.632. The molecular formula is C34H47N3O7. The molecule has 2 N–H and O–H groups in total. The van der Waals surface area contributed by atoms with E-state index in [1.165, 1.54) is 19.8 Å². The van der Waals surface area contributed by atoms with Crippen LogP contribution in [0.25, 0.3) is 0 Å². The lowest BCUT2D eigenvalue weighted by Crippen LogP contribution is -2.51. The minimum atomic E-state index is -0.738. The van der Waals surface area contributed by atoms with Crippen LogP contribution in [-0.2, 0) is 28.6 Å². The van der Waals surface area contributed by atoms with Crippen molar-refractivity contribution in [1.29, 1.82) is 0 Å². The highest BCUT2D eigenvalue weighted by molar-refractivity contribution is 5.87. The zero-order valence-corrected chi connectivity index (χ0v) is 26.9. The average Bonchev–Trinajstić information content (AvgIpc) is 3.67. The summed E-state index contributed by atoms with van der Waals surface area (Å²) in [6, 6.07) is 19.0. The third-order valence-electron chi connectivity index (χ3n) is 7.91. The number of carbonyl (C=O) groups is 4.